The molecule has 4 rings (SSSR count). The van der Waals surface area contributed by atoms with Crippen LogP contribution in [0.1, 0.15) is 61.4 Å². The van der Waals surface area contributed by atoms with Gasteiger partial charge in [0.15, 0.2) is 5.78 Å². The summed E-state index contributed by atoms with van der Waals surface area (Å²) < 4.78 is 45.1. The van der Waals surface area contributed by atoms with Gasteiger partial charge in [-0.3, -0.25) is 9.69 Å². The summed E-state index contributed by atoms with van der Waals surface area (Å²) in [5.74, 6) is 0.989. The number of ketones is 1. The van der Waals surface area contributed by atoms with Crippen LogP contribution in [0.25, 0.3) is 10.1 Å². The van der Waals surface area contributed by atoms with Crippen LogP contribution < -0.4 is 9.64 Å². The van der Waals surface area contributed by atoms with Crippen LogP contribution in [0.15, 0.2) is 47.8 Å². The first kappa shape index (κ1) is 27.5. The lowest BCUT2D eigenvalue weighted by Crippen LogP contribution is -2.46. The van der Waals surface area contributed by atoms with Crippen molar-refractivity contribution in [2.75, 3.05) is 44.2 Å². The quantitative estimate of drug-likeness (QED) is 0.177. The van der Waals surface area contributed by atoms with Gasteiger partial charge in [-0.1, -0.05) is 25.3 Å². The van der Waals surface area contributed by atoms with Crippen molar-refractivity contribution in [3.8, 4) is 5.75 Å². The summed E-state index contributed by atoms with van der Waals surface area (Å²) in [5.41, 5.74) is 1.22. The molecule has 0 radical (unpaired) electrons. The SMILES string of the molecule is CCOc1ccc(C(=O)CCCCCCCN2CCN(c3csc4cc(C(F)(F)F)ccc34)CC2)cc1. The Labute approximate surface area is 221 Å². The van der Waals surface area contributed by atoms with Crippen molar-refractivity contribution in [2.45, 2.75) is 51.6 Å². The molecular formula is C29H35F3N2O2S. The number of unbranched alkanes of at least 4 members (excludes halogenated alkanes) is 4. The van der Waals surface area contributed by atoms with E-state index in [1.165, 1.54) is 23.5 Å². The van der Waals surface area contributed by atoms with E-state index in [1.54, 1.807) is 6.07 Å². The minimum absolute atomic E-state index is 0.195. The van der Waals surface area contributed by atoms with Gasteiger partial charge in [-0.05, 0) is 62.7 Å². The maximum Gasteiger partial charge on any atom is 0.416 e. The Bertz CT molecular complexity index is 1150. The number of fused-ring (bicyclic) bond motifs is 1. The summed E-state index contributed by atoms with van der Waals surface area (Å²) in [5, 5.41) is 2.90. The Morgan fingerprint density at radius 2 is 1.65 bits per heavy atom. The molecule has 200 valence electrons. The van der Waals surface area contributed by atoms with E-state index in [0.29, 0.717) is 17.7 Å². The molecule has 4 nitrogen and oxygen atoms in total. The number of hydrogen-bond acceptors (Lipinski definition) is 5. The van der Waals surface area contributed by atoms with Crippen molar-refractivity contribution in [3.63, 3.8) is 0 Å². The third-order valence-electron chi connectivity index (χ3n) is 6.96. The highest BCUT2D eigenvalue weighted by Crippen LogP contribution is 2.38. The van der Waals surface area contributed by atoms with E-state index in [9.17, 15) is 18.0 Å². The van der Waals surface area contributed by atoms with Crippen molar-refractivity contribution in [1.82, 2.24) is 4.90 Å². The summed E-state index contributed by atoms with van der Waals surface area (Å²) in [6, 6.07) is 11.5. The Kier molecular flexibility index (Phi) is 9.49. The molecule has 37 heavy (non-hydrogen) atoms. The molecule has 1 aliphatic rings. The van der Waals surface area contributed by atoms with Gasteiger partial charge in [0.2, 0.25) is 0 Å². The van der Waals surface area contributed by atoms with Crippen LogP contribution in [-0.4, -0.2) is 50.0 Å². The first-order chi connectivity index (χ1) is 17.8. The topological polar surface area (TPSA) is 32.8 Å². The predicted octanol–water partition coefficient (Wildman–Crippen LogP) is 7.66. The van der Waals surface area contributed by atoms with Gasteiger partial charge < -0.3 is 9.64 Å². The molecule has 1 aromatic heterocycles. The molecular weight excluding hydrogens is 497 g/mol. The van der Waals surface area contributed by atoms with Crippen molar-refractivity contribution in [3.05, 3.63) is 59.0 Å². The van der Waals surface area contributed by atoms with Gasteiger partial charge in [0.05, 0.1) is 17.9 Å². The Balaban J connectivity index is 1.10. The molecule has 1 aliphatic heterocycles. The van der Waals surface area contributed by atoms with Crippen molar-refractivity contribution >= 4 is 32.9 Å². The second-order valence-corrected chi connectivity index (χ2v) is 10.5. The highest BCUT2D eigenvalue weighted by Gasteiger charge is 2.31. The number of carbonyl (C=O) groups is 1. The summed E-state index contributed by atoms with van der Waals surface area (Å²) >= 11 is 1.38. The molecule has 0 saturated carbocycles. The van der Waals surface area contributed by atoms with E-state index in [0.717, 1.165) is 87.2 Å². The Hall–Kier alpha value is -2.58. The minimum Gasteiger partial charge on any atom is -0.494 e. The molecule has 1 saturated heterocycles. The van der Waals surface area contributed by atoms with E-state index in [4.69, 9.17) is 4.74 Å². The average Bonchev–Trinajstić information content (AvgIpc) is 3.32. The van der Waals surface area contributed by atoms with Crippen LogP contribution in [0, 0.1) is 0 Å². The van der Waals surface area contributed by atoms with Gasteiger partial charge in [-0.25, -0.2) is 0 Å². The molecule has 0 unspecified atom stereocenters. The Morgan fingerprint density at radius 3 is 2.35 bits per heavy atom. The van der Waals surface area contributed by atoms with Gasteiger partial charge in [-0.2, -0.15) is 13.2 Å². The molecule has 2 heterocycles. The standard InChI is InChI=1S/C29H35F3N2O2S/c1-2-36-24-12-9-22(10-13-24)27(35)8-6-4-3-5-7-15-33-16-18-34(19-17-33)26-21-37-28-20-23(29(30,31)32)11-14-25(26)28/h9-14,20-21H,2-8,15-19H2,1H3. The fourth-order valence-electron chi connectivity index (χ4n) is 4.85. The van der Waals surface area contributed by atoms with Crippen molar-refractivity contribution in [2.24, 2.45) is 0 Å². The number of anilines is 1. The Morgan fingerprint density at radius 1 is 0.946 bits per heavy atom. The lowest BCUT2D eigenvalue weighted by atomic mass is 10.0. The number of carbonyl (C=O) groups excluding carboxylic acids is 1. The zero-order valence-corrected chi connectivity index (χ0v) is 22.2. The second-order valence-electron chi connectivity index (χ2n) is 9.56. The third-order valence-corrected chi connectivity index (χ3v) is 7.89. The number of thiophene rings is 1. The number of benzene rings is 2. The highest BCUT2D eigenvalue weighted by atomic mass is 32.1. The van der Waals surface area contributed by atoms with Gasteiger partial charge in [0, 0.05) is 53.6 Å². The van der Waals surface area contributed by atoms with Crippen LogP contribution in [0.4, 0.5) is 18.9 Å². The summed E-state index contributed by atoms with van der Waals surface area (Å²) in [4.78, 5) is 17.1. The molecule has 0 amide bonds. The average molecular weight is 533 g/mol. The van der Waals surface area contributed by atoms with E-state index in [-0.39, 0.29) is 5.78 Å². The second kappa shape index (κ2) is 12.8. The maximum atomic E-state index is 13.0. The van der Waals surface area contributed by atoms with Crippen LogP contribution in [0.3, 0.4) is 0 Å². The van der Waals surface area contributed by atoms with Gasteiger partial charge in [0.25, 0.3) is 0 Å². The number of nitrogens with zero attached hydrogens (tertiary/aromatic N) is 2. The normalized spacial score (nSPS) is 14.9. The maximum absolute atomic E-state index is 13.0. The molecule has 0 N–H and O–H groups in total. The van der Waals surface area contributed by atoms with Crippen LogP contribution in [0.2, 0.25) is 0 Å². The van der Waals surface area contributed by atoms with E-state index in [1.807, 2.05) is 36.6 Å². The molecule has 1 fully saturated rings. The van der Waals surface area contributed by atoms with Crippen LogP contribution >= 0.6 is 11.3 Å². The van der Waals surface area contributed by atoms with Crippen LogP contribution in [0.5, 0.6) is 5.75 Å². The van der Waals surface area contributed by atoms with Crippen molar-refractivity contribution in [1.29, 1.82) is 0 Å². The lowest BCUT2D eigenvalue weighted by Gasteiger charge is -2.36. The number of halogens is 3. The van der Waals surface area contributed by atoms with E-state index in [2.05, 4.69) is 9.80 Å². The fourth-order valence-corrected chi connectivity index (χ4v) is 5.86. The number of piperazine rings is 1. The van der Waals surface area contributed by atoms with Gasteiger partial charge in [0.1, 0.15) is 5.75 Å². The molecule has 8 heteroatoms. The van der Waals surface area contributed by atoms with Gasteiger partial charge in [-0.15, -0.1) is 11.3 Å². The molecule has 0 bridgehead atoms. The monoisotopic (exact) mass is 532 g/mol. The highest BCUT2D eigenvalue weighted by molar-refractivity contribution is 7.17. The van der Waals surface area contributed by atoms with E-state index >= 15 is 0 Å². The summed E-state index contributed by atoms with van der Waals surface area (Å²) in [7, 11) is 0. The molecule has 0 aliphatic carbocycles. The number of rotatable bonds is 12. The van der Waals surface area contributed by atoms with Crippen LogP contribution in [-0.2, 0) is 6.18 Å². The molecule has 2 aromatic carbocycles. The molecule has 3 aromatic rings. The van der Waals surface area contributed by atoms with Gasteiger partial charge >= 0.3 is 6.18 Å². The zero-order chi connectivity index (χ0) is 26.3. The minimum atomic E-state index is -4.31. The smallest absolute Gasteiger partial charge is 0.416 e. The summed E-state index contributed by atoms with van der Waals surface area (Å²) in [6.07, 6.45) is 1.71. The first-order valence-electron chi connectivity index (χ1n) is 13.2. The molecule has 0 atom stereocenters. The largest absolute Gasteiger partial charge is 0.494 e. The lowest BCUT2D eigenvalue weighted by molar-refractivity contribution is -0.137. The zero-order valence-electron chi connectivity index (χ0n) is 21.4. The first-order valence-corrected chi connectivity index (χ1v) is 14.0. The predicted molar refractivity (Wildman–Crippen MR) is 145 cm³/mol. The number of alkyl halides is 3. The third kappa shape index (κ3) is 7.48. The van der Waals surface area contributed by atoms with Crippen molar-refractivity contribution < 1.29 is 22.7 Å². The molecule has 0 spiro atoms. The number of ether oxygens (including phenoxy) is 1. The number of hydrogen-bond donors (Lipinski definition) is 0. The number of Topliss-reactive ketones (excluding diaryl/α,β-unsaturated/α-hetero) is 1. The van der Waals surface area contributed by atoms with E-state index < -0.39 is 11.7 Å². The summed E-state index contributed by atoms with van der Waals surface area (Å²) in [6.45, 7) is 7.34. The fraction of sp³-hybridized carbons (Fsp3) is 0.483.